The zero-order valence-corrected chi connectivity index (χ0v) is 19.2. The summed E-state index contributed by atoms with van der Waals surface area (Å²) in [6.07, 6.45) is 0.399. The summed E-state index contributed by atoms with van der Waals surface area (Å²) in [4.78, 5) is 28.8. The first kappa shape index (κ1) is 21.4. The first-order chi connectivity index (χ1) is 15.9. The molecule has 1 unspecified atom stereocenters. The van der Waals surface area contributed by atoms with E-state index in [9.17, 15) is 9.59 Å². The number of halogens is 2. The van der Waals surface area contributed by atoms with Crippen molar-refractivity contribution in [2.75, 3.05) is 0 Å². The lowest BCUT2D eigenvalue weighted by Crippen LogP contribution is -2.24. The Morgan fingerprint density at radius 1 is 0.970 bits per heavy atom. The minimum atomic E-state index is -0.326. The van der Waals surface area contributed by atoms with Crippen LogP contribution < -0.4 is 5.56 Å². The minimum absolute atomic E-state index is 0.202. The Balaban J connectivity index is 1.74. The van der Waals surface area contributed by atoms with E-state index < -0.39 is 0 Å². The van der Waals surface area contributed by atoms with Crippen molar-refractivity contribution >= 4 is 45.7 Å². The topological polar surface area (TPSA) is 65.5 Å². The molecule has 5 nitrogen and oxygen atoms in total. The van der Waals surface area contributed by atoms with Gasteiger partial charge in [0.1, 0.15) is 0 Å². The van der Waals surface area contributed by atoms with Crippen LogP contribution in [-0.4, -0.2) is 21.6 Å². The SMILES string of the molecule is CC(=O)N1N=C(c2c(-c3ccccc3)c3cc(Cl)ccc3[nH]c2=O)CC1c1ccc(Cl)cc1. The number of hydrogen-bond acceptors (Lipinski definition) is 3. The Bertz CT molecular complexity index is 1460. The standard InChI is InChI=1S/C26H19Cl2N3O2/c1-15(32)31-23(16-7-9-18(27)10-8-16)14-22(30-31)25-24(17-5-3-2-4-6-17)20-13-19(28)11-12-21(20)29-26(25)33/h2-13,23H,14H2,1H3,(H,29,33). The molecule has 0 radical (unpaired) electrons. The van der Waals surface area contributed by atoms with Gasteiger partial charge in [-0.1, -0.05) is 65.7 Å². The number of H-pyrrole nitrogens is 1. The van der Waals surface area contributed by atoms with Gasteiger partial charge >= 0.3 is 0 Å². The second-order valence-electron chi connectivity index (χ2n) is 7.94. The van der Waals surface area contributed by atoms with E-state index in [2.05, 4.69) is 10.1 Å². The normalized spacial score (nSPS) is 15.7. The van der Waals surface area contributed by atoms with Gasteiger partial charge in [0, 0.05) is 39.9 Å². The predicted molar refractivity (Wildman–Crippen MR) is 133 cm³/mol. The average molecular weight is 476 g/mol. The summed E-state index contributed by atoms with van der Waals surface area (Å²) in [5.74, 6) is -0.202. The molecule has 3 aromatic carbocycles. The maximum atomic E-state index is 13.4. The van der Waals surface area contributed by atoms with Gasteiger partial charge in [-0.3, -0.25) is 9.59 Å². The molecule has 0 aliphatic carbocycles. The van der Waals surface area contributed by atoms with Crippen LogP contribution in [0.15, 0.2) is 82.7 Å². The third kappa shape index (κ3) is 3.94. The quantitative estimate of drug-likeness (QED) is 0.383. The van der Waals surface area contributed by atoms with E-state index in [1.54, 1.807) is 24.3 Å². The number of fused-ring (bicyclic) bond motifs is 1. The number of hydrazone groups is 1. The highest BCUT2D eigenvalue weighted by Crippen LogP contribution is 2.37. The number of hydrogen-bond donors (Lipinski definition) is 1. The zero-order chi connectivity index (χ0) is 23.1. The highest BCUT2D eigenvalue weighted by Gasteiger charge is 2.34. The molecule has 164 valence electrons. The van der Waals surface area contributed by atoms with Gasteiger partial charge in [0.25, 0.3) is 5.56 Å². The van der Waals surface area contributed by atoms with E-state index in [1.807, 2.05) is 48.5 Å². The molecule has 1 amide bonds. The van der Waals surface area contributed by atoms with Crippen molar-refractivity contribution in [1.29, 1.82) is 0 Å². The second kappa shape index (κ2) is 8.50. The Labute approximate surface area is 200 Å². The molecule has 0 fully saturated rings. The molecule has 1 aliphatic rings. The summed E-state index contributed by atoms with van der Waals surface area (Å²) in [7, 11) is 0. The van der Waals surface area contributed by atoms with Crippen molar-refractivity contribution in [1.82, 2.24) is 9.99 Å². The lowest BCUT2D eigenvalue weighted by molar-refractivity contribution is -0.130. The van der Waals surface area contributed by atoms with Crippen LogP contribution in [0.2, 0.25) is 10.0 Å². The fourth-order valence-corrected chi connectivity index (χ4v) is 4.64. The summed E-state index contributed by atoms with van der Waals surface area (Å²) in [5.41, 5.74) is 3.93. The summed E-state index contributed by atoms with van der Waals surface area (Å²) < 4.78 is 0. The van der Waals surface area contributed by atoms with E-state index in [1.165, 1.54) is 11.9 Å². The molecule has 0 saturated carbocycles. The van der Waals surface area contributed by atoms with E-state index in [4.69, 9.17) is 23.2 Å². The Kier molecular flexibility index (Phi) is 5.52. The number of aromatic amines is 1. The molecule has 33 heavy (non-hydrogen) atoms. The summed E-state index contributed by atoms with van der Waals surface area (Å²) in [5, 5.41) is 8.06. The van der Waals surface area contributed by atoms with Crippen molar-refractivity contribution in [2.24, 2.45) is 5.10 Å². The van der Waals surface area contributed by atoms with Gasteiger partial charge in [0.2, 0.25) is 5.91 Å². The number of carbonyl (C=O) groups is 1. The summed E-state index contributed by atoms with van der Waals surface area (Å²) in [6, 6.07) is 22.1. The first-order valence-electron chi connectivity index (χ1n) is 10.5. The number of amides is 1. The molecule has 4 aromatic rings. The number of pyridine rings is 1. The van der Waals surface area contributed by atoms with Crippen LogP contribution >= 0.6 is 23.2 Å². The highest BCUT2D eigenvalue weighted by molar-refractivity contribution is 6.31. The second-order valence-corrected chi connectivity index (χ2v) is 8.81. The van der Waals surface area contributed by atoms with Crippen LogP contribution in [0.3, 0.4) is 0 Å². The van der Waals surface area contributed by atoms with Gasteiger partial charge in [0.15, 0.2) is 0 Å². The van der Waals surface area contributed by atoms with Crippen LogP contribution in [0.5, 0.6) is 0 Å². The lowest BCUT2D eigenvalue weighted by Gasteiger charge is -2.20. The number of nitrogens with zero attached hydrogens (tertiary/aromatic N) is 2. The third-order valence-electron chi connectivity index (χ3n) is 5.82. The van der Waals surface area contributed by atoms with Crippen molar-refractivity contribution in [3.8, 4) is 11.1 Å². The molecule has 1 aliphatic heterocycles. The van der Waals surface area contributed by atoms with Crippen molar-refractivity contribution < 1.29 is 4.79 Å². The van der Waals surface area contributed by atoms with Crippen molar-refractivity contribution in [2.45, 2.75) is 19.4 Å². The van der Waals surface area contributed by atoms with Crippen LogP contribution in [0.25, 0.3) is 22.0 Å². The summed E-state index contributed by atoms with van der Waals surface area (Å²) >= 11 is 12.4. The smallest absolute Gasteiger partial charge is 0.258 e. The Morgan fingerprint density at radius 3 is 2.36 bits per heavy atom. The van der Waals surface area contributed by atoms with E-state index in [0.29, 0.717) is 33.3 Å². The molecule has 5 rings (SSSR count). The van der Waals surface area contributed by atoms with Crippen LogP contribution in [-0.2, 0) is 4.79 Å². The summed E-state index contributed by atoms with van der Waals surface area (Å²) in [6.45, 7) is 1.47. The molecular weight excluding hydrogens is 457 g/mol. The molecule has 7 heteroatoms. The molecule has 1 aromatic heterocycles. The van der Waals surface area contributed by atoms with E-state index in [0.717, 1.165) is 22.1 Å². The van der Waals surface area contributed by atoms with Gasteiger partial charge in [-0.25, -0.2) is 5.01 Å². The molecule has 1 atom stereocenters. The number of aromatic nitrogens is 1. The fraction of sp³-hybridized carbons (Fsp3) is 0.115. The third-order valence-corrected chi connectivity index (χ3v) is 6.30. The average Bonchev–Trinajstić information content (AvgIpc) is 3.25. The number of rotatable bonds is 3. The minimum Gasteiger partial charge on any atom is -0.321 e. The van der Waals surface area contributed by atoms with Gasteiger partial charge in [-0.05, 0) is 41.5 Å². The number of carbonyl (C=O) groups excluding carboxylic acids is 1. The largest absolute Gasteiger partial charge is 0.321 e. The fourth-order valence-electron chi connectivity index (χ4n) is 4.34. The number of benzene rings is 3. The zero-order valence-electron chi connectivity index (χ0n) is 17.7. The van der Waals surface area contributed by atoms with Gasteiger partial charge in [-0.2, -0.15) is 5.10 Å². The van der Waals surface area contributed by atoms with Gasteiger partial charge in [-0.15, -0.1) is 0 Å². The molecule has 0 bridgehead atoms. The maximum Gasteiger partial charge on any atom is 0.258 e. The van der Waals surface area contributed by atoms with Crippen molar-refractivity contribution in [3.63, 3.8) is 0 Å². The van der Waals surface area contributed by atoms with Crippen LogP contribution in [0.4, 0.5) is 0 Å². The number of nitrogens with one attached hydrogen (secondary N) is 1. The molecular formula is C26H19Cl2N3O2. The maximum absolute atomic E-state index is 13.4. The first-order valence-corrected chi connectivity index (χ1v) is 11.2. The monoisotopic (exact) mass is 475 g/mol. The highest BCUT2D eigenvalue weighted by atomic mass is 35.5. The van der Waals surface area contributed by atoms with Gasteiger partial charge in [0.05, 0.1) is 17.3 Å². The van der Waals surface area contributed by atoms with Gasteiger partial charge < -0.3 is 4.98 Å². The van der Waals surface area contributed by atoms with E-state index >= 15 is 0 Å². The molecule has 2 heterocycles. The molecule has 0 spiro atoms. The Hall–Kier alpha value is -3.41. The van der Waals surface area contributed by atoms with E-state index in [-0.39, 0.29) is 17.5 Å². The molecule has 0 saturated heterocycles. The lowest BCUT2D eigenvalue weighted by atomic mass is 9.91. The predicted octanol–water partition coefficient (Wildman–Crippen LogP) is 6.20. The van der Waals surface area contributed by atoms with Crippen LogP contribution in [0.1, 0.15) is 30.5 Å². The molecule has 1 N–H and O–H groups in total. The van der Waals surface area contributed by atoms with Crippen LogP contribution in [0, 0.1) is 0 Å². The van der Waals surface area contributed by atoms with Crippen molar-refractivity contribution in [3.05, 3.63) is 104 Å². The Morgan fingerprint density at radius 2 is 1.67 bits per heavy atom.